The van der Waals surface area contributed by atoms with Crippen molar-refractivity contribution in [3.63, 3.8) is 0 Å². The maximum Gasteiger partial charge on any atom is 0.222 e. The van der Waals surface area contributed by atoms with Gasteiger partial charge in [0.1, 0.15) is 0 Å². The molecule has 0 radical (unpaired) electrons. The quantitative estimate of drug-likeness (QED) is 0.837. The highest BCUT2D eigenvalue weighted by Gasteiger charge is 2.43. The molecule has 2 fully saturated rings. The van der Waals surface area contributed by atoms with Crippen molar-refractivity contribution in [3.8, 4) is 0 Å². The van der Waals surface area contributed by atoms with Crippen molar-refractivity contribution in [1.29, 1.82) is 0 Å². The summed E-state index contributed by atoms with van der Waals surface area (Å²) >= 11 is 0. The van der Waals surface area contributed by atoms with Gasteiger partial charge in [-0.2, -0.15) is 0 Å². The first-order valence-corrected chi connectivity index (χ1v) is 9.26. The number of fused-ring (bicyclic) bond motifs is 1. The number of carbonyl (C=O) groups excluding carboxylic acids is 1. The molecule has 2 saturated heterocycles. The van der Waals surface area contributed by atoms with E-state index in [2.05, 4.69) is 28.0 Å². The summed E-state index contributed by atoms with van der Waals surface area (Å²) in [5.41, 5.74) is 4.77. The van der Waals surface area contributed by atoms with Crippen molar-refractivity contribution in [2.45, 2.75) is 63.5 Å². The van der Waals surface area contributed by atoms with E-state index >= 15 is 0 Å². The van der Waals surface area contributed by atoms with Crippen LogP contribution in [0.1, 0.15) is 55.2 Å². The fourth-order valence-electron chi connectivity index (χ4n) is 4.90. The lowest BCUT2D eigenvalue weighted by atomic mass is 9.88. The van der Waals surface area contributed by atoms with Gasteiger partial charge in [-0.25, -0.2) is 0 Å². The van der Waals surface area contributed by atoms with E-state index in [0.29, 0.717) is 5.91 Å². The van der Waals surface area contributed by atoms with E-state index in [4.69, 9.17) is 0 Å². The maximum atomic E-state index is 12.0. The van der Waals surface area contributed by atoms with E-state index in [9.17, 15) is 4.79 Å². The topological polar surface area (TPSA) is 23.6 Å². The molecule has 1 atom stereocenters. The van der Waals surface area contributed by atoms with E-state index in [1.165, 1.54) is 44.2 Å². The number of nitrogens with zero attached hydrogens (tertiary/aromatic N) is 2. The summed E-state index contributed by atoms with van der Waals surface area (Å²) in [5, 5.41) is 0. The second kappa shape index (κ2) is 5.94. The lowest BCUT2D eigenvalue weighted by Crippen LogP contribution is -2.43. The molecule has 0 aromatic heterocycles. The van der Waals surface area contributed by atoms with Crippen molar-refractivity contribution < 1.29 is 4.79 Å². The van der Waals surface area contributed by atoms with E-state index in [1.54, 1.807) is 11.1 Å². The highest BCUT2D eigenvalue weighted by molar-refractivity contribution is 5.79. The minimum Gasteiger partial charge on any atom is -0.340 e. The molecule has 3 heteroatoms. The Hall–Kier alpha value is -1.35. The van der Waals surface area contributed by atoms with Crippen LogP contribution in [0.3, 0.4) is 0 Å². The van der Waals surface area contributed by atoms with Gasteiger partial charge < -0.3 is 4.90 Å². The summed E-state index contributed by atoms with van der Waals surface area (Å²) in [4.78, 5) is 16.6. The van der Waals surface area contributed by atoms with Gasteiger partial charge in [-0.05, 0) is 68.2 Å². The van der Waals surface area contributed by atoms with Gasteiger partial charge in [-0.15, -0.1) is 0 Å². The molecule has 3 nitrogen and oxygen atoms in total. The number of benzene rings is 1. The molecule has 1 amide bonds. The molecule has 1 unspecified atom stereocenters. The predicted molar refractivity (Wildman–Crippen MR) is 92.3 cm³/mol. The fraction of sp³-hybridized carbons (Fsp3) is 0.650. The van der Waals surface area contributed by atoms with Crippen molar-refractivity contribution in [2.75, 3.05) is 20.1 Å². The third-order valence-electron chi connectivity index (χ3n) is 6.47. The van der Waals surface area contributed by atoms with Crippen molar-refractivity contribution in [1.82, 2.24) is 9.80 Å². The Kier molecular flexibility index (Phi) is 3.92. The van der Waals surface area contributed by atoms with Gasteiger partial charge in [0.15, 0.2) is 0 Å². The van der Waals surface area contributed by atoms with Crippen LogP contribution >= 0.6 is 0 Å². The summed E-state index contributed by atoms with van der Waals surface area (Å²) in [7, 11) is 2.02. The maximum absolute atomic E-state index is 12.0. The van der Waals surface area contributed by atoms with E-state index in [-0.39, 0.29) is 5.54 Å². The normalized spacial score (nSPS) is 28.4. The molecular weight excluding hydrogens is 284 g/mol. The predicted octanol–water partition coefficient (Wildman–Crippen LogP) is 3.15. The summed E-state index contributed by atoms with van der Waals surface area (Å²) in [6.07, 6.45) is 9.20. The number of likely N-dealkylation sites (tertiary alicyclic amines) is 2. The SMILES string of the molecule is CN1C(=O)CCC12CCCN(Cc1ccc3c(c1)CCC3)CC2. The smallest absolute Gasteiger partial charge is 0.222 e. The van der Waals surface area contributed by atoms with Crippen molar-refractivity contribution >= 4 is 5.91 Å². The van der Waals surface area contributed by atoms with Crippen LogP contribution in [0.4, 0.5) is 0 Å². The largest absolute Gasteiger partial charge is 0.340 e. The standard InChI is InChI=1S/C20H28N2O/c1-21-19(23)8-10-20(21)9-3-12-22(13-11-20)15-16-6-7-17-4-2-5-18(17)14-16/h6-7,14H,2-5,8-13,15H2,1H3. The average Bonchev–Trinajstić information content (AvgIpc) is 3.05. The summed E-state index contributed by atoms with van der Waals surface area (Å²) in [6.45, 7) is 3.36. The monoisotopic (exact) mass is 312 g/mol. The number of hydrogen-bond acceptors (Lipinski definition) is 2. The van der Waals surface area contributed by atoms with Crippen LogP contribution in [0.2, 0.25) is 0 Å². The molecule has 0 bridgehead atoms. The molecule has 1 spiro atoms. The molecule has 2 aliphatic heterocycles. The van der Waals surface area contributed by atoms with Gasteiger partial charge in [-0.1, -0.05) is 18.2 Å². The molecule has 1 aromatic rings. The van der Waals surface area contributed by atoms with E-state index < -0.39 is 0 Å². The van der Waals surface area contributed by atoms with Gasteiger partial charge in [0, 0.05) is 32.1 Å². The number of aryl methyl sites for hydroxylation is 2. The fourth-order valence-corrected chi connectivity index (χ4v) is 4.90. The molecule has 23 heavy (non-hydrogen) atoms. The summed E-state index contributed by atoms with van der Waals surface area (Å²) in [5.74, 6) is 0.345. The van der Waals surface area contributed by atoms with Gasteiger partial charge >= 0.3 is 0 Å². The Morgan fingerprint density at radius 2 is 1.87 bits per heavy atom. The molecule has 1 aliphatic carbocycles. The number of amides is 1. The number of carbonyl (C=O) groups is 1. The summed E-state index contributed by atoms with van der Waals surface area (Å²) < 4.78 is 0. The molecule has 4 rings (SSSR count). The lowest BCUT2D eigenvalue weighted by Gasteiger charge is -2.35. The molecule has 124 valence electrons. The zero-order valence-electron chi connectivity index (χ0n) is 14.3. The van der Waals surface area contributed by atoms with Gasteiger partial charge in [0.25, 0.3) is 0 Å². The highest BCUT2D eigenvalue weighted by atomic mass is 16.2. The molecule has 1 aromatic carbocycles. The van der Waals surface area contributed by atoms with Gasteiger partial charge in [-0.3, -0.25) is 9.69 Å². The summed E-state index contributed by atoms with van der Waals surface area (Å²) in [6, 6.07) is 7.12. The van der Waals surface area contributed by atoms with Crippen LogP contribution in [-0.2, 0) is 24.2 Å². The average molecular weight is 312 g/mol. The second-order valence-electron chi connectivity index (χ2n) is 7.76. The molecule has 0 saturated carbocycles. The number of rotatable bonds is 2. The van der Waals surface area contributed by atoms with E-state index in [1.807, 2.05) is 7.05 Å². The minimum absolute atomic E-state index is 0.157. The van der Waals surface area contributed by atoms with Crippen molar-refractivity contribution in [2.24, 2.45) is 0 Å². The third kappa shape index (κ3) is 2.80. The van der Waals surface area contributed by atoms with Crippen molar-refractivity contribution in [3.05, 3.63) is 34.9 Å². The first-order valence-electron chi connectivity index (χ1n) is 9.26. The number of hydrogen-bond donors (Lipinski definition) is 0. The second-order valence-corrected chi connectivity index (χ2v) is 7.76. The van der Waals surface area contributed by atoms with Crippen LogP contribution in [0.25, 0.3) is 0 Å². The first kappa shape index (κ1) is 15.2. The molecular formula is C20H28N2O. The Labute approximate surface area is 139 Å². The van der Waals surface area contributed by atoms with Crippen LogP contribution in [-0.4, -0.2) is 41.4 Å². The van der Waals surface area contributed by atoms with Crippen LogP contribution in [0, 0.1) is 0 Å². The van der Waals surface area contributed by atoms with E-state index in [0.717, 1.165) is 32.4 Å². The van der Waals surface area contributed by atoms with Crippen LogP contribution in [0.5, 0.6) is 0 Å². The van der Waals surface area contributed by atoms with Gasteiger partial charge in [0.2, 0.25) is 5.91 Å². The molecule has 3 aliphatic rings. The van der Waals surface area contributed by atoms with Crippen LogP contribution < -0.4 is 0 Å². The minimum atomic E-state index is 0.157. The lowest BCUT2D eigenvalue weighted by molar-refractivity contribution is -0.129. The highest BCUT2D eigenvalue weighted by Crippen LogP contribution is 2.38. The Bertz CT molecular complexity index is 612. The molecule has 0 N–H and O–H groups in total. The Morgan fingerprint density at radius 3 is 2.70 bits per heavy atom. The third-order valence-corrected chi connectivity index (χ3v) is 6.47. The zero-order valence-corrected chi connectivity index (χ0v) is 14.3. The first-order chi connectivity index (χ1) is 11.2. The van der Waals surface area contributed by atoms with Crippen LogP contribution in [0.15, 0.2) is 18.2 Å². The Morgan fingerprint density at radius 1 is 1.00 bits per heavy atom. The zero-order chi connectivity index (χ0) is 15.9. The molecule has 2 heterocycles. The van der Waals surface area contributed by atoms with Gasteiger partial charge in [0.05, 0.1) is 0 Å². The Balaban J connectivity index is 1.42.